The maximum Gasteiger partial charge on any atom is 0.188 e. The first-order chi connectivity index (χ1) is 9.56. The normalized spacial score (nSPS) is 10.9. The lowest BCUT2D eigenvalue weighted by atomic mass is 10.0. The van der Waals surface area contributed by atoms with Gasteiger partial charge in [0.2, 0.25) is 0 Å². The smallest absolute Gasteiger partial charge is 0.188 e. The van der Waals surface area contributed by atoms with E-state index in [1.54, 1.807) is 11.3 Å². The quantitative estimate of drug-likeness (QED) is 0.766. The molecule has 0 fully saturated rings. The van der Waals surface area contributed by atoms with Crippen LogP contribution in [0.25, 0.3) is 21.8 Å². The first-order valence-electron chi connectivity index (χ1n) is 6.01. The zero-order chi connectivity index (χ0) is 14.3. The van der Waals surface area contributed by atoms with Gasteiger partial charge in [-0.25, -0.2) is 4.98 Å². The molecule has 0 radical (unpaired) electrons. The van der Waals surface area contributed by atoms with E-state index in [0.29, 0.717) is 16.6 Å². The number of halogens is 1. The Kier molecular flexibility index (Phi) is 3.23. The van der Waals surface area contributed by atoms with Crippen LogP contribution in [0.2, 0.25) is 5.02 Å². The molecule has 0 spiro atoms. The third-order valence-corrected chi connectivity index (χ3v) is 4.25. The fourth-order valence-corrected chi connectivity index (χ4v) is 3.22. The van der Waals surface area contributed by atoms with E-state index in [-0.39, 0.29) is 0 Å². The molecule has 2 N–H and O–H groups in total. The molecule has 0 saturated carbocycles. The summed E-state index contributed by atoms with van der Waals surface area (Å²) in [6.07, 6.45) is 0. The molecule has 0 aliphatic carbocycles. The van der Waals surface area contributed by atoms with Crippen molar-refractivity contribution >= 4 is 28.8 Å². The maximum absolute atomic E-state index is 6.05. The molecule has 1 aromatic carbocycles. The van der Waals surface area contributed by atoms with Crippen LogP contribution in [0.5, 0.6) is 0 Å². The SMILES string of the molecule is Cc1nc(C)c(-c2onc(N)c2-c2cccc(Cl)c2)s1. The predicted molar refractivity (Wildman–Crippen MR) is 81.9 cm³/mol. The van der Waals surface area contributed by atoms with Crippen molar-refractivity contribution in [2.75, 3.05) is 5.73 Å². The van der Waals surface area contributed by atoms with Crippen molar-refractivity contribution in [1.29, 1.82) is 0 Å². The molecule has 2 aromatic heterocycles. The fourth-order valence-electron chi connectivity index (χ4n) is 2.12. The van der Waals surface area contributed by atoms with Crippen molar-refractivity contribution in [3.05, 3.63) is 40.0 Å². The summed E-state index contributed by atoms with van der Waals surface area (Å²) in [5.41, 5.74) is 8.51. The van der Waals surface area contributed by atoms with Crippen molar-refractivity contribution in [3.8, 4) is 21.8 Å². The van der Waals surface area contributed by atoms with E-state index in [0.717, 1.165) is 26.7 Å². The topological polar surface area (TPSA) is 64.9 Å². The Labute approximate surface area is 125 Å². The first-order valence-corrected chi connectivity index (χ1v) is 7.21. The van der Waals surface area contributed by atoms with Gasteiger partial charge in [-0.15, -0.1) is 11.3 Å². The first kappa shape index (κ1) is 13.1. The lowest BCUT2D eigenvalue weighted by molar-refractivity contribution is 0.436. The van der Waals surface area contributed by atoms with Gasteiger partial charge in [0.15, 0.2) is 11.6 Å². The minimum absolute atomic E-state index is 0.354. The van der Waals surface area contributed by atoms with Gasteiger partial charge in [-0.2, -0.15) is 0 Å². The molecule has 0 bridgehead atoms. The van der Waals surface area contributed by atoms with Gasteiger partial charge in [0.25, 0.3) is 0 Å². The number of benzene rings is 1. The molecule has 3 aromatic rings. The van der Waals surface area contributed by atoms with E-state index in [1.807, 2.05) is 38.1 Å². The van der Waals surface area contributed by atoms with Crippen LogP contribution >= 0.6 is 22.9 Å². The van der Waals surface area contributed by atoms with Gasteiger partial charge >= 0.3 is 0 Å². The molecule has 3 rings (SSSR count). The Morgan fingerprint density at radius 3 is 2.75 bits per heavy atom. The van der Waals surface area contributed by atoms with Crippen molar-refractivity contribution in [2.24, 2.45) is 0 Å². The lowest BCUT2D eigenvalue weighted by Crippen LogP contribution is -1.88. The Hall–Kier alpha value is -1.85. The number of nitrogens with zero attached hydrogens (tertiary/aromatic N) is 2. The fraction of sp³-hybridized carbons (Fsp3) is 0.143. The summed E-state index contributed by atoms with van der Waals surface area (Å²) in [4.78, 5) is 5.36. The third kappa shape index (κ3) is 2.19. The average Bonchev–Trinajstić information content (AvgIpc) is 2.92. The highest BCUT2D eigenvalue weighted by molar-refractivity contribution is 7.15. The zero-order valence-electron chi connectivity index (χ0n) is 11.0. The number of thiazole rings is 1. The zero-order valence-corrected chi connectivity index (χ0v) is 12.5. The molecule has 0 aliphatic heterocycles. The number of hydrogen-bond acceptors (Lipinski definition) is 5. The molecule has 0 saturated heterocycles. The number of aryl methyl sites for hydroxylation is 2. The Balaban J connectivity index is 2.22. The minimum Gasteiger partial charge on any atom is -0.380 e. The summed E-state index contributed by atoms with van der Waals surface area (Å²) in [7, 11) is 0. The molecule has 102 valence electrons. The van der Waals surface area contributed by atoms with Crippen LogP contribution in [0, 0.1) is 13.8 Å². The summed E-state index contributed by atoms with van der Waals surface area (Å²) >= 11 is 7.61. The van der Waals surface area contributed by atoms with Crippen molar-refractivity contribution in [3.63, 3.8) is 0 Å². The molecular weight excluding hydrogens is 294 g/mol. The van der Waals surface area contributed by atoms with E-state index < -0.39 is 0 Å². The van der Waals surface area contributed by atoms with Gasteiger partial charge in [0, 0.05) is 5.02 Å². The Morgan fingerprint density at radius 1 is 1.30 bits per heavy atom. The average molecular weight is 306 g/mol. The van der Waals surface area contributed by atoms with Crippen LogP contribution in [0.1, 0.15) is 10.7 Å². The molecule has 0 aliphatic rings. The second-order valence-corrected chi connectivity index (χ2v) is 6.07. The Morgan fingerprint density at radius 2 is 2.10 bits per heavy atom. The van der Waals surface area contributed by atoms with E-state index >= 15 is 0 Å². The van der Waals surface area contributed by atoms with E-state index in [2.05, 4.69) is 10.1 Å². The van der Waals surface area contributed by atoms with Gasteiger partial charge in [0.05, 0.1) is 21.1 Å². The van der Waals surface area contributed by atoms with Crippen LogP contribution < -0.4 is 5.73 Å². The van der Waals surface area contributed by atoms with Gasteiger partial charge in [-0.3, -0.25) is 0 Å². The van der Waals surface area contributed by atoms with Crippen LogP contribution in [0.15, 0.2) is 28.8 Å². The number of anilines is 1. The largest absolute Gasteiger partial charge is 0.380 e. The lowest BCUT2D eigenvalue weighted by Gasteiger charge is -2.02. The summed E-state index contributed by atoms with van der Waals surface area (Å²) in [5, 5.41) is 5.51. The number of nitrogens with two attached hydrogens (primary N) is 1. The van der Waals surface area contributed by atoms with Crippen LogP contribution in [-0.4, -0.2) is 10.1 Å². The number of nitrogen functional groups attached to an aromatic ring is 1. The number of hydrogen-bond donors (Lipinski definition) is 1. The van der Waals surface area contributed by atoms with Crippen molar-refractivity contribution < 1.29 is 4.52 Å². The molecule has 0 amide bonds. The van der Waals surface area contributed by atoms with Crippen LogP contribution in [0.4, 0.5) is 5.82 Å². The highest BCUT2D eigenvalue weighted by atomic mass is 35.5. The molecule has 4 nitrogen and oxygen atoms in total. The second-order valence-electron chi connectivity index (χ2n) is 4.43. The second kappa shape index (κ2) is 4.92. The van der Waals surface area contributed by atoms with E-state index in [4.69, 9.17) is 21.9 Å². The van der Waals surface area contributed by atoms with Crippen LogP contribution in [-0.2, 0) is 0 Å². The van der Waals surface area contributed by atoms with E-state index in [9.17, 15) is 0 Å². The molecule has 20 heavy (non-hydrogen) atoms. The summed E-state index contributed by atoms with van der Waals surface area (Å²) < 4.78 is 5.42. The van der Waals surface area contributed by atoms with Gasteiger partial charge in [-0.1, -0.05) is 28.9 Å². The van der Waals surface area contributed by atoms with Crippen molar-refractivity contribution in [1.82, 2.24) is 10.1 Å². The molecular formula is C14H12ClN3OS. The van der Waals surface area contributed by atoms with E-state index in [1.165, 1.54) is 0 Å². The summed E-state index contributed by atoms with van der Waals surface area (Å²) in [5.74, 6) is 1.00. The maximum atomic E-state index is 6.05. The standard InChI is InChI=1S/C14H12ClN3OS/c1-7-13(20-8(2)17-7)12-11(14(16)18-19-12)9-4-3-5-10(15)6-9/h3-6H,1-2H3,(H2,16,18). The van der Waals surface area contributed by atoms with Gasteiger partial charge in [-0.05, 0) is 31.5 Å². The highest BCUT2D eigenvalue weighted by Gasteiger charge is 2.21. The molecule has 6 heteroatoms. The van der Waals surface area contributed by atoms with Gasteiger partial charge < -0.3 is 10.3 Å². The molecule has 0 atom stereocenters. The minimum atomic E-state index is 0.354. The molecule has 2 heterocycles. The van der Waals surface area contributed by atoms with Crippen molar-refractivity contribution in [2.45, 2.75) is 13.8 Å². The predicted octanol–water partition coefficient (Wildman–Crippen LogP) is 4.32. The van der Waals surface area contributed by atoms with Crippen LogP contribution in [0.3, 0.4) is 0 Å². The van der Waals surface area contributed by atoms with Gasteiger partial charge in [0.1, 0.15) is 0 Å². The Bertz CT molecular complexity index is 779. The highest BCUT2D eigenvalue weighted by Crippen LogP contribution is 2.40. The molecule has 0 unspecified atom stereocenters. The third-order valence-electron chi connectivity index (χ3n) is 2.94. The summed E-state index contributed by atoms with van der Waals surface area (Å²) in [6, 6.07) is 7.47. The summed E-state index contributed by atoms with van der Waals surface area (Å²) in [6.45, 7) is 3.90. The number of aromatic nitrogens is 2. The number of rotatable bonds is 2. The monoisotopic (exact) mass is 305 g/mol.